The van der Waals surface area contributed by atoms with Crippen molar-refractivity contribution < 1.29 is 0 Å². The van der Waals surface area contributed by atoms with Crippen LogP contribution < -0.4 is 0 Å². The molecule has 0 N–H and O–H groups in total. The first kappa shape index (κ1) is 38.1. The summed E-state index contributed by atoms with van der Waals surface area (Å²) in [6.45, 7) is 26.5. The van der Waals surface area contributed by atoms with E-state index in [9.17, 15) is 0 Å². The lowest BCUT2D eigenvalue weighted by atomic mass is 9.72. The second-order valence-electron chi connectivity index (χ2n) is 12.1. The van der Waals surface area contributed by atoms with Crippen molar-refractivity contribution in [3.63, 3.8) is 0 Å². The number of hydrogen-bond acceptors (Lipinski definition) is 0. The Morgan fingerprint density at radius 2 is 1.10 bits per heavy atom. The van der Waals surface area contributed by atoms with E-state index >= 15 is 0 Å². The molecule has 0 atom stereocenters. The van der Waals surface area contributed by atoms with Gasteiger partial charge in [0.1, 0.15) is 0 Å². The molecule has 0 aliphatic heterocycles. The standard InChI is InChI=1S/C38H54.C3H8/c1-11-34(7)36(12-2)27-25-32(5)22-15-20-30(3)18-13-14-19-31(4)21-16-23-33(6)26-28-37-35(8)24-17-29-38(37,9)10;1-3-2/h13-16,18-23,25-28H,11-12,17,24,29H2,1-10H3;3H2,1-2H3/b14-13+,20-15+,21-16+,27-25+,28-26+,30-18+,31-19+,32-22+,33-23+,36-34+;. The average Bonchev–Trinajstić information content (AvgIpc) is 2.91. The van der Waals surface area contributed by atoms with Crippen LogP contribution in [0.4, 0.5) is 0 Å². The van der Waals surface area contributed by atoms with Gasteiger partial charge in [-0.25, -0.2) is 0 Å². The summed E-state index contributed by atoms with van der Waals surface area (Å²) in [5.74, 6) is 0. The van der Waals surface area contributed by atoms with Gasteiger partial charge in [-0.3, -0.25) is 0 Å². The molecule has 1 aliphatic carbocycles. The fourth-order valence-electron chi connectivity index (χ4n) is 4.59. The molecule has 0 unspecified atom stereocenters. The first-order valence-corrected chi connectivity index (χ1v) is 15.9. The molecular weight excluding hydrogens is 492 g/mol. The number of allylic oxidation sites excluding steroid dienone is 22. The van der Waals surface area contributed by atoms with E-state index in [0.29, 0.717) is 5.41 Å². The number of rotatable bonds is 12. The van der Waals surface area contributed by atoms with Crippen molar-refractivity contribution in [2.24, 2.45) is 5.41 Å². The third-order valence-electron chi connectivity index (χ3n) is 7.33. The predicted octanol–water partition coefficient (Wildman–Crippen LogP) is 13.6. The molecule has 0 bridgehead atoms. The van der Waals surface area contributed by atoms with Gasteiger partial charge in [-0.05, 0) is 90.2 Å². The minimum absolute atomic E-state index is 0.292. The summed E-state index contributed by atoms with van der Waals surface area (Å²) in [7, 11) is 0. The van der Waals surface area contributed by atoms with E-state index in [-0.39, 0.29) is 0 Å². The van der Waals surface area contributed by atoms with Crippen LogP contribution in [0.2, 0.25) is 0 Å². The Bertz CT molecular complexity index is 1120. The van der Waals surface area contributed by atoms with Gasteiger partial charge in [-0.1, -0.05) is 166 Å². The highest BCUT2D eigenvalue weighted by molar-refractivity contribution is 5.37. The molecule has 0 heterocycles. The van der Waals surface area contributed by atoms with Crippen molar-refractivity contribution in [1.29, 1.82) is 0 Å². The summed E-state index contributed by atoms with van der Waals surface area (Å²) in [5.41, 5.74) is 11.3. The van der Waals surface area contributed by atoms with Gasteiger partial charge in [0.05, 0.1) is 0 Å². The van der Waals surface area contributed by atoms with E-state index in [1.54, 1.807) is 5.57 Å². The van der Waals surface area contributed by atoms with Crippen LogP contribution in [-0.4, -0.2) is 0 Å². The zero-order valence-corrected chi connectivity index (χ0v) is 28.8. The Labute approximate surface area is 256 Å². The maximum absolute atomic E-state index is 2.37. The van der Waals surface area contributed by atoms with Crippen LogP contribution in [-0.2, 0) is 0 Å². The molecule has 0 saturated heterocycles. The Kier molecular flexibility index (Phi) is 20.3. The Hall–Kier alpha value is -2.86. The summed E-state index contributed by atoms with van der Waals surface area (Å²) in [5, 5.41) is 0. The summed E-state index contributed by atoms with van der Waals surface area (Å²) >= 11 is 0. The van der Waals surface area contributed by atoms with Crippen molar-refractivity contribution in [2.45, 2.75) is 122 Å². The van der Waals surface area contributed by atoms with E-state index in [2.05, 4.69) is 168 Å². The van der Waals surface area contributed by atoms with Gasteiger partial charge in [-0.2, -0.15) is 0 Å². The Morgan fingerprint density at radius 1 is 0.634 bits per heavy atom. The molecule has 0 heteroatoms. The first-order valence-electron chi connectivity index (χ1n) is 15.9. The largest absolute Gasteiger partial charge is 0.0704 e. The maximum Gasteiger partial charge on any atom is -0.0104 e. The van der Waals surface area contributed by atoms with Gasteiger partial charge in [-0.15, -0.1) is 0 Å². The predicted molar refractivity (Wildman–Crippen MR) is 190 cm³/mol. The molecular formula is C41H62. The fraction of sp³-hybridized carbons (Fsp3) is 0.463. The summed E-state index contributed by atoms with van der Waals surface area (Å²) in [4.78, 5) is 0. The van der Waals surface area contributed by atoms with E-state index in [0.717, 1.165) is 12.8 Å². The zero-order valence-electron chi connectivity index (χ0n) is 28.8. The molecule has 0 aromatic rings. The quantitative estimate of drug-likeness (QED) is 0.210. The molecule has 0 saturated carbocycles. The second kappa shape index (κ2) is 21.8. The van der Waals surface area contributed by atoms with Crippen molar-refractivity contribution in [3.05, 3.63) is 130 Å². The van der Waals surface area contributed by atoms with Gasteiger partial charge in [0, 0.05) is 0 Å². The SMILES string of the molecule is CC/C(C)=C(/C=C/C(C)=C/C=C/C(C)=C/C=C/C=C(C)/C=C/C=C(C)/C=C/C1=C(C)CCCC1(C)C)CC.CCC. The lowest BCUT2D eigenvalue weighted by molar-refractivity contribution is 0.377. The van der Waals surface area contributed by atoms with Crippen molar-refractivity contribution in [2.75, 3.05) is 0 Å². The smallest absolute Gasteiger partial charge is 0.0104 e. The molecule has 0 nitrogen and oxygen atoms in total. The van der Waals surface area contributed by atoms with Crippen LogP contribution in [0.1, 0.15) is 122 Å². The van der Waals surface area contributed by atoms with Crippen LogP contribution in [0.3, 0.4) is 0 Å². The minimum atomic E-state index is 0.292. The van der Waals surface area contributed by atoms with Crippen molar-refractivity contribution in [1.82, 2.24) is 0 Å². The lowest BCUT2D eigenvalue weighted by Gasteiger charge is -2.32. The maximum atomic E-state index is 2.37. The zero-order chi connectivity index (χ0) is 31.3. The normalized spacial score (nSPS) is 18.3. The molecule has 0 radical (unpaired) electrons. The van der Waals surface area contributed by atoms with E-state index in [1.165, 1.54) is 64.7 Å². The molecule has 1 rings (SSSR count). The highest BCUT2D eigenvalue weighted by atomic mass is 14.3. The molecule has 0 aromatic heterocycles. The molecule has 0 amide bonds. The van der Waals surface area contributed by atoms with Crippen molar-refractivity contribution in [3.8, 4) is 0 Å². The summed E-state index contributed by atoms with van der Waals surface area (Å²) in [6.07, 6.45) is 37.8. The van der Waals surface area contributed by atoms with Gasteiger partial charge in [0.25, 0.3) is 0 Å². The average molecular weight is 555 g/mol. The minimum Gasteiger partial charge on any atom is -0.0704 e. The Balaban J connectivity index is 0.00000509. The van der Waals surface area contributed by atoms with Gasteiger partial charge >= 0.3 is 0 Å². The van der Waals surface area contributed by atoms with E-state index in [4.69, 9.17) is 0 Å². The van der Waals surface area contributed by atoms with Crippen molar-refractivity contribution >= 4 is 0 Å². The van der Waals surface area contributed by atoms with Gasteiger partial charge in [0.15, 0.2) is 0 Å². The van der Waals surface area contributed by atoms with Gasteiger partial charge in [0.2, 0.25) is 0 Å². The summed E-state index contributed by atoms with van der Waals surface area (Å²) in [6, 6.07) is 0. The molecule has 226 valence electrons. The van der Waals surface area contributed by atoms with Crippen LogP contribution in [0, 0.1) is 5.41 Å². The molecule has 0 spiro atoms. The molecule has 0 aromatic carbocycles. The topological polar surface area (TPSA) is 0 Å². The number of hydrogen-bond donors (Lipinski definition) is 0. The van der Waals surface area contributed by atoms with Crippen LogP contribution >= 0.6 is 0 Å². The van der Waals surface area contributed by atoms with E-state index in [1.807, 2.05) is 0 Å². The molecule has 0 fully saturated rings. The fourth-order valence-corrected chi connectivity index (χ4v) is 4.59. The third kappa shape index (κ3) is 17.5. The third-order valence-corrected chi connectivity index (χ3v) is 7.33. The summed E-state index contributed by atoms with van der Waals surface area (Å²) < 4.78 is 0. The van der Waals surface area contributed by atoms with Crippen LogP contribution in [0.15, 0.2) is 130 Å². The van der Waals surface area contributed by atoms with E-state index < -0.39 is 0 Å². The Morgan fingerprint density at radius 3 is 1.56 bits per heavy atom. The molecule has 41 heavy (non-hydrogen) atoms. The monoisotopic (exact) mass is 554 g/mol. The second-order valence-corrected chi connectivity index (χ2v) is 12.1. The first-order chi connectivity index (χ1) is 19.4. The molecule has 1 aliphatic rings. The lowest BCUT2D eigenvalue weighted by Crippen LogP contribution is -2.19. The van der Waals surface area contributed by atoms with Crippen LogP contribution in [0.25, 0.3) is 0 Å². The van der Waals surface area contributed by atoms with Crippen LogP contribution in [0.5, 0.6) is 0 Å². The highest BCUT2D eigenvalue weighted by Crippen LogP contribution is 2.40. The highest BCUT2D eigenvalue weighted by Gasteiger charge is 2.26. The van der Waals surface area contributed by atoms with Gasteiger partial charge < -0.3 is 0 Å².